The van der Waals surface area contributed by atoms with Crippen LogP contribution in [0.5, 0.6) is 0 Å². The Morgan fingerprint density at radius 2 is 1.65 bits per heavy atom. The molecule has 0 heterocycles. The molecular weight excluding hydrogens is 232 g/mol. The van der Waals surface area contributed by atoms with Crippen molar-refractivity contribution in [2.24, 2.45) is 0 Å². The highest BCUT2D eigenvalue weighted by Crippen LogP contribution is 2.17. The number of Topliss-reactive ketones (excluding diaryl/α,β-unsaturated/α-hetero) is 1. The van der Waals surface area contributed by atoms with Gasteiger partial charge >= 0.3 is 0 Å². The van der Waals surface area contributed by atoms with Crippen LogP contribution < -0.4 is 0 Å². The Hall–Kier alpha value is -0.960. The van der Waals surface area contributed by atoms with Gasteiger partial charge in [0.15, 0.2) is 5.78 Å². The van der Waals surface area contributed by atoms with Crippen molar-refractivity contribution in [2.45, 2.75) is 39.9 Å². The van der Waals surface area contributed by atoms with Crippen molar-refractivity contribution >= 4 is 16.6 Å². The zero-order chi connectivity index (χ0) is 13.2. The van der Waals surface area contributed by atoms with Gasteiger partial charge in [0.2, 0.25) is 0 Å². The normalized spacial score (nSPS) is 12.8. The zero-order valence-electron chi connectivity index (χ0n) is 11.2. The zero-order valence-corrected chi connectivity index (χ0v) is 12.0. The van der Waals surface area contributed by atoms with Crippen LogP contribution in [-0.2, 0) is 10.8 Å². The quantitative estimate of drug-likeness (QED) is 0.772. The van der Waals surface area contributed by atoms with E-state index in [4.69, 9.17) is 0 Å². The lowest BCUT2D eigenvalue weighted by molar-refractivity contribution is 0.102. The molecule has 3 heteroatoms. The minimum Gasteiger partial charge on any atom is -0.293 e. The summed E-state index contributed by atoms with van der Waals surface area (Å²) in [6, 6.07) is 4.00. The topological polar surface area (TPSA) is 34.1 Å². The molecule has 0 aliphatic heterocycles. The Morgan fingerprint density at radius 1 is 1.18 bits per heavy atom. The lowest BCUT2D eigenvalue weighted by atomic mass is 9.97. The monoisotopic (exact) mass is 252 g/mol. The SMILES string of the molecule is Cc1cc(C)c(C(=O)CS(=O)C(C)C)c(C)c1. The molecule has 0 bridgehead atoms. The Kier molecular flexibility index (Phi) is 4.63. The van der Waals surface area contributed by atoms with Crippen LogP contribution in [0, 0.1) is 20.8 Å². The lowest BCUT2D eigenvalue weighted by Gasteiger charge is -2.11. The second-order valence-corrected chi connectivity index (χ2v) is 6.76. The van der Waals surface area contributed by atoms with Crippen molar-refractivity contribution < 1.29 is 9.00 Å². The number of hydrogen-bond donors (Lipinski definition) is 0. The average Bonchev–Trinajstić information content (AvgIpc) is 2.15. The summed E-state index contributed by atoms with van der Waals surface area (Å²) in [5.41, 5.74) is 3.85. The van der Waals surface area contributed by atoms with Gasteiger partial charge in [-0.25, -0.2) is 0 Å². The van der Waals surface area contributed by atoms with Gasteiger partial charge in [-0.2, -0.15) is 0 Å². The molecule has 0 aromatic heterocycles. The average molecular weight is 252 g/mol. The minimum absolute atomic E-state index is 0.00738. The molecule has 0 fully saturated rings. The van der Waals surface area contributed by atoms with E-state index < -0.39 is 10.8 Å². The highest BCUT2D eigenvalue weighted by atomic mass is 32.2. The Bertz CT molecular complexity index is 438. The summed E-state index contributed by atoms with van der Waals surface area (Å²) in [5, 5.41) is 0.0324. The smallest absolute Gasteiger partial charge is 0.175 e. The third-order valence-corrected chi connectivity index (χ3v) is 4.35. The van der Waals surface area contributed by atoms with Crippen LogP contribution >= 0.6 is 0 Å². The van der Waals surface area contributed by atoms with E-state index in [0.29, 0.717) is 0 Å². The molecule has 1 unspecified atom stereocenters. The largest absolute Gasteiger partial charge is 0.293 e. The van der Waals surface area contributed by atoms with Crippen molar-refractivity contribution in [3.8, 4) is 0 Å². The number of ketones is 1. The van der Waals surface area contributed by atoms with Gasteiger partial charge in [0.05, 0.1) is 5.75 Å². The molecule has 0 aliphatic carbocycles. The maximum absolute atomic E-state index is 12.1. The second kappa shape index (κ2) is 5.58. The molecule has 0 aliphatic rings. The highest BCUT2D eigenvalue weighted by molar-refractivity contribution is 7.86. The fraction of sp³-hybridized carbons (Fsp3) is 0.500. The molecule has 1 atom stereocenters. The maximum Gasteiger partial charge on any atom is 0.175 e. The molecule has 0 amide bonds. The summed E-state index contributed by atoms with van der Waals surface area (Å²) in [5.74, 6) is 0.120. The van der Waals surface area contributed by atoms with E-state index in [1.807, 2.05) is 46.8 Å². The second-order valence-electron chi connectivity index (χ2n) is 4.77. The van der Waals surface area contributed by atoms with Gasteiger partial charge in [-0.1, -0.05) is 31.5 Å². The van der Waals surface area contributed by atoms with Gasteiger partial charge in [0, 0.05) is 21.6 Å². The number of carbonyl (C=O) groups excluding carboxylic acids is 1. The van der Waals surface area contributed by atoms with Gasteiger partial charge in [0.1, 0.15) is 0 Å². The van der Waals surface area contributed by atoms with Gasteiger partial charge in [0.25, 0.3) is 0 Å². The number of aryl methyl sites for hydroxylation is 3. The molecule has 2 nitrogen and oxygen atoms in total. The van der Waals surface area contributed by atoms with Crippen LogP contribution in [-0.4, -0.2) is 21.0 Å². The van der Waals surface area contributed by atoms with Gasteiger partial charge in [-0.05, 0) is 31.9 Å². The molecule has 0 saturated heterocycles. The van der Waals surface area contributed by atoms with Crippen LogP contribution in [0.3, 0.4) is 0 Å². The van der Waals surface area contributed by atoms with Crippen molar-refractivity contribution in [3.05, 3.63) is 34.4 Å². The highest BCUT2D eigenvalue weighted by Gasteiger charge is 2.17. The Morgan fingerprint density at radius 3 is 2.06 bits per heavy atom. The number of rotatable bonds is 4. The molecule has 0 saturated carbocycles. The summed E-state index contributed by atoms with van der Waals surface area (Å²) < 4.78 is 11.7. The van der Waals surface area contributed by atoms with Gasteiger partial charge < -0.3 is 0 Å². The third kappa shape index (κ3) is 3.50. The van der Waals surface area contributed by atoms with Gasteiger partial charge in [-0.3, -0.25) is 9.00 Å². The molecule has 1 aromatic rings. The molecule has 1 aromatic carbocycles. The molecule has 0 radical (unpaired) electrons. The predicted molar refractivity (Wildman–Crippen MR) is 73.1 cm³/mol. The molecule has 1 rings (SSSR count). The minimum atomic E-state index is -1.07. The Balaban J connectivity index is 3.01. The van der Waals surface area contributed by atoms with E-state index in [2.05, 4.69) is 0 Å². The van der Waals surface area contributed by atoms with E-state index in [9.17, 15) is 9.00 Å². The first-order chi connectivity index (χ1) is 7.82. The number of benzene rings is 1. The van der Waals surface area contributed by atoms with Gasteiger partial charge in [-0.15, -0.1) is 0 Å². The fourth-order valence-electron chi connectivity index (χ4n) is 1.99. The summed E-state index contributed by atoms with van der Waals surface area (Å²) >= 11 is 0. The summed E-state index contributed by atoms with van der Waals surface area (Å²) in [4.78, 5) is 12.1. The summed E-state index contributed by atoms with van der Waals surface area (Å²) in [7, 11) is -1.07. The first-order valence-corrected chi connectivity index (χ1v) is 7.19. The Labute approximate surface area is 106 Å². The molecule has 94 valence electrons. The van der Waals surface area contributed by atoms with E-state index >= 15 is 0 Å². The van der Waals surface area contributed by atoms with Crippen molar-refractivity contribution in [1.29, 1.82) is 0 Å². The summed E-state index contributed by atoms with van der Waals surface area (Å²) in [6.07, 6.45) is 0. The van der Waals surface area contributed by atoms with Crippen molar-refractivity contribution in [3.63, 3.8) is 0 Å². The van der Waals surface area contributed by atoms with E-state index in [0.717, 1.165) is 22.3 Å². The molecule has 0 N–H and O–H groups in total. The first kappa shape index (κ1) is 14.1. The molecule has 17 heavy (non-hydrogen) atoms. The van der Waals surface area contributed by atoms with Crippen LogP contribution in [0.15, 0.2) is 12.1 Å². The van der Waals surface area contributed by atoms with Crippen LogP contribution in [0.4, 0.5) is 0 Å². The maximum atomic E-state index is 12.1. The van der Waals surface area contributed by atoms with Crippen LogP contribution in [0.25, 0.3) is 0 Å². The third-order valence-electron chi connectivity index (χ3n) is 2.76. The van der Waals surface area contributed by atoms with E-state index in [1.165, 1.54) is 0 Å². The van der Waals surface area contributed by atoms with Crippen LogP contribution in [0.2, 0.25) is 0 Å². The number of hydrogen-bond acceptors (Lipinski definition) is 2. The van der Waals surface area contributed by atoms with Crippen LogP contribution in [0.1, 0.15) is 40.9 Å². The fourth-order valence-corrected chi connectivity index (χ4v) is 2.72. The first-order valence-electron chi connectivity index (χ1n) is 5.81. The summed E-state index contributed by atoms with van der Waals surface area (Å²) in [6.45, 7) is 9.63. The molecule has 0 spiro atoms. The predicted octanol–water partition coefficient (Wildman–Crippen LogP) is 2.95. The standard InChI is InChI=1S/C14H20O2S/c1-9(2)17(16)8-13(15)14-11(4)6-10(3)7-12(14)5/h6-7,9H,8H2,1-5H3. The van der Waals surface area contributed by atoms with E-state index in [-0.39, 0.29) is 16.8 Å². The lowest BCUT2D eigenvalue weighted by Crippen LogP contribution is -2.19. The number of carbonyl (C=O) groups is 1. The van der Waals surface area contributed by atoms with E-state index in [1.54, 1.807) is 0 Å². The molecular formula is C14H20O2S. The van der Waals surface area contributed by atoms with Crippen molar-refractivity contribution in [2.75, 3.05) is 5.75 Å². The van der Waals surface area contributed by atoms with Crippen molar-refractivity contribution in [1.82, 2.24) is 0 Å².